The van der Waals surface area contributed by atoms with Gasteiger partial charge in [0.25, 0.3) is 5.91 Å². The molecule has 1 amide bonds. The number of phenols is 1. The number of carbonyl (C=O) groups excluding carboxylic acids is 2. The van der Waals surface area contributed by atoms with Crippen LogP contribution in [0.4, 0.5) is 5.69 Å². The summed E-state index contributed by atoms with van der Waals surface area (Å²) in [6, 6.07) is 19.5. The number of carboxylic acids is 1. The van der Waals surface area contributed by atoms with E-state index in [0.29, 0.717) is 27.5 Å². The van der Waals surface area contributed by atoms with Gasteiger partial charge in [-0.3, -0.25) is 9.48 Å². The molecule has 0 spiro atoms. The Morgan fingerprint density at radius 3 is 2.31 bits per heavy atom. The first-order chi connectivity index (χ1) is 16.3. The van der Waals surface area contributed by atoms with Gasteiger partial charge in [0.1, 0.15) is 5.75 Å². The van der Waals surface area contributed by atoms with Gasteiger partial charge >= 0.3 is 29.6 Å². The van der Waals surface area contributed by atoms with Crippen LogP contribution < -0.4 is 40.0 Å². The van der Waals surface area contributed by atoms with Crippen molar-refractivity contribution in [3.8, 4) is 28.0 Å². The van der Waals surface area contributed by atoms with E-state index in [9.17, 15) is 19.8 Å². The summed E-state index contributed by atoms with van der Waals surface area (Å²) in [4.78, 5) is 23.9. The van der Waals surface area contributed by atoms with E-state index in [-0.39, 0.29) is 46.9 Å². The molecule has 7 nitrogen and oxygen atoms in total. The monoisotopic (exact) mass is 493 g/mol. The van der Waals surface area contributed by atoms with Gasteiger partial charge in [-0.25, -0.2) is 0 Å². The van der Waals surface area contributed by atoms with Gasteiger partial charge in [0.05, 0.1) is 33.6 Å². The number of nitrogens with one attached hydrogen (secondary N) is 1. The fourth-order valence-electron chi connectivity index (χ4n) is 4.02. The second kappa shape index (κ2) is 9.71. The van der Waals surface area contributed by atoms with E-state index in [1.54, 1.807) is 18.2 Å². The van der Waals surface area contributed by atoms with E-state index >= 15 is 0 Å². The van der Waals surface area contributed by atoms with E-state index in [4.69, 9.17) is 11.6 Å². The molecule has 0 atom stereocenters. The molecule has 0 aliphatic carbocycles. The second-order valence-electron chi connectivity index (χ2n) is 7.85. The Labute approximate surface area is 228 Å². The number of hydrogen-bond acceptors (Lipinski definition) is 5. The van der Waals surface area contributed by atoms with E-state index in [1.165, 1.54) is 23.9 Å². The molecule has 5 rings (SSSR count). The van der Waals surface area contributed by atoms with Crippen molar-refractivity contribution in [2.24, 2.45) is 7.05 Å². The molecule has 2 N–H and O–H groups in total. The van der Waals surface area contributed by atoms with E-state index < -0.39 is 5.97 Å². The van der Waals surface area contributed by atoms with Crippen LogP contribution in [0.25, 0.3) is 33.9 Å². The number of aromatic hydroxyl groups is 1. The first-order valence-electron chi connectivity index (χ1n) is 10.3. The van der Waals surface area contributed by atoms with Crippen molar-refractivity contribution in [1.29, 1.82) is 0 Å². The molecule has 0 unspecified atom stereocenters. The van der Waals surface area contributed by atoms with Crippen LogP contribution in [-0.4, -0.2) is 26.8 Å². The standard InChI is InChI=1S/C26H18ClN3O4.Na/c1-30-23(26(33)34)11-16(29-30)10-20-19-12-18(21(27)13-22(19)28-25(20)32)15-8-6-14(7-9-15)17-4-2-3-5-24(17)31;/h2-13,31H,1H3,(H,28,32)(H,33,34);/q;+1/p-1. The minimum atomic E-state index is -1.35. The summed E-state index contributed by atoms with van der Waals surface area (Å²) in [6.45, 7) is 0. The maximum absolute atomic E-state index is 12.6. The zero-order valence-electron chi connectivity index (χ0n) is 18.9. The molecular weight excluding hydrogens is 477 g/mol. The molecule has 0 bridgehead atoms. The summed E-state index contributed by atoms with van der Waals surface area (Å²) in [5.74, 6) is -1.49. The average molecular weight is 494 g/mol. The van der Waals surface area contributed by atoms with Crippen LogP contribution in [0.5, 0.6) is 5.75 Å². The summed E-state index contributed by atoms with van der Waals surface area (Å²) in [6.07, 6.45) is 1.53. The number of aromatic carboxylic acids is 1. The van der Waals surface area contributed by atoms with Crippen LogP contribution in [0.15, 0.2) is 66.7 Å². The molecular formula is C26H17ClN3NaO4. The summed E-state index contributed by atoms with van der Waals surface area (Å²) in [5, 5.41) is 28.7. The number of carboxylic acid groups (broad SMARTS) is 1. The number of hydrogen-bond donors (Lipinski definition) is 2. The Balaban J connectivity index is 0.00000289. The Bertz CT molecular complexity index is 1510. The minimum Gasteiger partial charge on any atom is -0.543 e. The molecule has 0 saturated heterocycles. The fourth-order valence-corrected chi connectivity index (χ4v) is 4.29. The predicted molar refractivity (Wildman–Crippen MR) is 128 cm³/mol. The van der Waals surface area contributed by atoms with Crippen LogP contribution in [-0.2, 0) is 11.8 Å². The molecule has 0 radical (unpaired) electrons. The van der Waals surface area contributed by atoms with Crippen LogP contribution in [0.2, 0.25) is 5.02 Å². The van der Waals surface area contributed by atoms with Crippen LogP contribution >= 0.6 is 11.6 Å². The number of aromatic nitrogens is 2. The number of fused-ring (bicyclic) bond motifs is 1. The zero-order valence-corrected chi connectivity index (χ0v) is 21.6. The van der Waals surface area contributed by atoms with E-state index in [0.717, 1.165) is 22.3 Å². The summed E-state index contributed by atoms with van der Waals surface area (Å²) >= 11 is 6.54. The van der Waals surface area contributed by atoms with Crippen molar-refractivity contribution in [3.63, 3.8) is 0 Å². The molecule has 9 heteroatoms. The first-order valence-corrected chi connectivity index (χ1v) is 10.7. The summed E-state index contributed by atoms with van der Waals surface area (Å²) < 4.78 is 1.19. The number of para-hydroxylation sites is 1. The maximum atomic E-state index is 12.6. The molecule has 35 heavy (non-hydrogen) atoms. The smallest absolute Gasteiger partial charge is 0.543 e. The third-order valence-corrected chi connectivity index (χ3v) is 6.01. The van der Waals surface area contributed by atoms with Crippen molar-refractivity contribution in [2.45, 2.75) is 0 Å². The molecule has 1 aromatic heterocycles. The number of amides is 1. The normalized spacial score (nSPS) is 13.3. The van der Waals surface area contributed by atoms with Gasteiger partial charge in [-0.1, -0.05) is 54.1 Å². The average Bonchev–Trinajstić information content (AvgIpc) is 3.32. The van der Waals surface area contributed by atoms with Crippen molar-refractivity contribution >= 4 is 40.8 Å². The predicted octanol–water partition coefficient (Wildman–Crippen LogP) is 0.973. The van der Waals surface area contributed by atoms with E-state index in [2.05, 4.69) is 10.4 Å². The van der Waals surface area contributed by atoms with Crippen molar-refractivity contribution in [2.75, 3.05) is 5.32 Å². The Kier molecular flexibility index (Phi) is 6.87. The van der Waals surface area contributed by atoms with Crippen LogP contribution in [0.3, 0.4) is 0 Å². The van der Waals surface area contributed by atoms with E-state index in [1.807, 2.05) is 42.5 Å². The molecule has 3 aromatic carbocycles. The first kappa shape index (κ1) is 24.8. The number of anilines is 1. The fraction of sp³-hybridized carbons (Fsp3) is 0.0385. The molecule has 168 valence electrons. The van der Waals surface area contributed by atoms with Crippen LogP contribution in [0, 0.1) is 0 Å². The number of benzene rings is 3. The Hall–Kier alpha value is -3.36. The third kappa shape index (κ3) is 4.63. The van der Waals surface area contributed by atoms with Gasteiger partial charge in [-0.05, 0) is 41.5 Å². The van der Waals surface area contributed by atoms with Gasteiger partial charge in [0.15, 0.2) is 0 Å². The number of nitrogens with zero attached hydrogens (tertiary/aromatic N) is 2. The van der Waals surface area contributed by atoms with Crippen molar-refractivity contribution in [3.05, 3.63) is 88.7 Å². The SMILES string of the molecule is Cn1nc(C=C2C(=O)Nc3cc(Cl)c(-c4ccc(-c5ccccc5O)cc4)cc32)cc1C(=O)[O-].[Na+]. The number of halogens is 1. The van der Waals surface area contributed by atoms with Gasteiger partial charge in [0.2, 0.25) is 0 Å². The number of aryl methyl sites for hydroxylation is 1. The maximum Gasteiger partial charge on any atom is 1.00 e. The molecule has 1 aliphatic rings. The van der Waals surface area contributed by atoms with Crippen molar-refractivity contribution < 1.29 is 49.4 Å². The number of phenolic OH excluding ortho intramolecular Hbond substituents is 1. The minimum absolute atomic E-state index is 0. The summed E-state index contributed by atoms with van der Waals surface area (Å²) in [7, 11) is 1.49. The topological polar surface area (TPSA) is 107 Å². The molecule has 4 aromatic rings. The van der Waals surface area contributed by atoms with Crippen LogP contribution in [0.1, 0.15) is 21.7 Å². The zero-order chi connectivity index (χ0) is 24.0. The number of rotatable bonds is 4. The molecule has 0 saturated carbocycles. The Morgan fingerprint density at radius 1 is 1.03 bits per heavy atom. The largest absolute Gasteiger partial charge is 1.00 e. The Morgan fingerprint density at radius 2 is 1.69 bits per heavy atom. The summed E-state index contributed by atoms with van der Waals surface area (Å²) in [5.41, 5.74) is 4.92. The molecule has 0 fully saturated rings. The van der Waals surface area contributed by atoms with Gasteiger partial charge in [-0.2, -0.15) is 5.10 Å². The molecule has 2 heterocycles. The van der Waals surface area contributed by atoms with Gasteiger partial charge in [-0.15, -0.1) is 0 Å². The van der Waals surface area contributed by atoms with Gasteiger partial charge < -0.3 is 20.3 Å². The number of carbonyl (C=O) groups is 2. The second-order valence-corrected chi connectivity index (χ2v) is 8.26. The quantitative estimate of drug-likeness (QED) is 0.325. The third-order valence-electron chi connectivity index (χ3n) is 5.70. The van der Waals surface area contributed by atoms with Gasteiger partial charge in [0, 0.05) is 23.7 Å². The molecule has 1 aliphatic heterocycles. The van der Waals surface area contributed by atoms with Crippen molar-refractivity contribution in [1.82, 2.24) is 9.78 Å².